The van der Waals surface area contributed by atoms with E-state index in [9.17, 15) is 24.3 Å². The number of aliphatic carboxylic acids is 2. The van der Waals surface area contributed by atoms with Crippen molar-refractivity contribution in [2.75, 3.05) is 6.61 Å². The lowest BCUT2D eigenvalue weighted by Crippen LogP contribution is -2.54. The van der Waals surface area contributed by atoms with Crippen LogP contribution in [0.25, 0.3) is 0 Å². The van der Waals surface area contributed by atoms with Crippen LogP contribution >= 0.6 is 0 Å². The topological polar surface area (TPSA) is 217 Å². The van der Waals surface area contributed by atoms with Crippen LogP contribution < -0.4 is 11.1 Å². The van der Waals surface area contributed by atoms with Gasteiger partial charge < -0.3 is 41.3 Å². The molecule has 0 radical (unpaired) electrons. The van der Waals surface area contributed by atoms with E-state index in [0.717, 1.165) is 6.92 Å². The Labute approximate surface area is 142 Å². The zero-order valence-electron chi connectivity index (χ0n) is 13.4. The lowest BCUT2D eigenvalue weighted by molar-refractivity contribution is -0.170. The summed E-state index contributed by atoms with van der Waals surface area (Å²) in [6.07, 6.45) is -6.01. The van der Waals surface area contributed by atoms with Gasteiger partial charge in [-0.05, 0) is 13.3 Å². The molecule has 0 fully saturated rings. The zero-order valence-corrected chi connectivity index (χ0v) is 13.4. The number of aliphatic hydroxyl groups excluding tert-OH is 3. The van der Waals surface area contributed by atoms with Gasteiger partial charge in [-0.1, -0.05) is 0 Å². The third-order valence-electron chi connectivity index (χ3n) is 3.13. The molecular formula is C13H22N2O10. The van der Waals surface area contributed by atoms with Crippen molar-refractivity contribution in [2.45, 2.75) is 50.2 Å². The molecule has 0 aliphatic carbocycles. The molecule has 0 aliphatic rings. The van der Waals surface area contributed by atoms with E-state index in [-0.39, 0.29) is 6.42 Å². The average Bonchev–Trinajstić information content (AvgIpc) is 2.54. The van der Waals surface area contributed by atoms with Crippen molar-refractivity contribution in [1.29, 1.82) is 0 Å². The number of aliphatic hydroxyl groups is 3. The number of amides is 1. The maximum atomic E-state index is 11.8. The summed E-state index contributed by atoms with van der Waals surface area (Å²) in [7, 11) is 0. The molecule has 0 saturated heterocycles. The van der Waals surface area contributed by atoms with E-state index >= 15 is 0 Å². The summed E-state index contributed by atoms with van der Waals surface area (Å²) in [6.45, 7) is 0.181. The summed E-state index contributed by atoms with van der Waals surface area (Å²) in [5, 5.41) is 46.7. The first kappa shape index (κ1) is 22.7. The van der Waals surface area contributed by atoms with E-state index in [0.29, 0.717) is 0 Å². The molecule has 0 saturated carbocycles. The van der Waals surface area contributed by atoms with Crippen LogP contribution in [0.2, 0.25) is 0 Å². The summed E-state index contributed by atoms with van der Waals surface area (Å²) in [4.78, 5) is 45.0. The number of nitrogens with one attached hydrogen (secondary N) is 1. The average molecular weight is 366 g/mol. The van der Waals surface area contributed by atoms with E-state index in [1.165, 1.54) is 0 Å². The highest BCUT2D eigenvalue weighted by atomic mass is 16.6. The molecule has 0 aromatic carbocycles. The second-order valence-corrected chi connectivity index (χ2v) is 5.20. The Balaban J connectivity index is 4.82. The maximum absolute atomic E-state index is 11.8. The van der Waals surface area contributed by atoms with Crippen molar-refractivity contribution >= 4 is 23.8 Å². The summed E-state index contributed by atoms with van der Waals surface area (Å²) < 4.78 is 4.65. The van der Waals surface area contributed by atoms with Crippen LogP contribution in [0.4, 0.5) is 0 Å². The fourth-order valence-corrected chi connectivity index (χ4v) is 1.63. The van der Waals surface area contributed by atoms with Crippen molar-refractivity contribution in [2.24, 2.45) is 5.73 Å². The summed E-state index contributed by atoms with van der Waals surface area (Å²) >= 11 is 0. The zero-order chi connectivity index (χ0) is 19.7. The minimum Gasteiger partial charge on any atom is -0.481 e. The minimum absolute atomic E-state index is 0.233. The quantitative estimate of drug-likeness (QED) is 0.177. The Kier molecular flexibility index (Phi) is 9.59. The Hall–Kier alpha value is -2.28. The summed E-state index contributed by atoms with van der Waals surface area (Å²) in [5.74, 6) is -5.12. The largest absolute Gasteiger partial charge is 0.481 e. The van der Waals surface area contributed by atoms with E-state index < -0.39 is 67.2 Å². The first-order valence-corrected chi connectivity index (χ1v) is 7.19. The lowest BCUT2D eigenvalue weighted by Gasteiger charge is -2.24. The van der Waals surface area contributed by atoms with Gasteiger partial charge in [-0.25, -0.2) is 9.59 Å². The van der Waals surface area contributed by atoms with Crippen molar-refractivity contribution in [1.82, 2.24) is 5.32 Å². The smallest absolute Gasteiger partial charge is 0.338 e. The predicted molar refractivity (Wildman–Crippen MR) is 79.1 cm³/mol. The van der Waals surface area contributed by atoms with E-state index in [4.69, 9.17) is 26.2 Å². The molecular weight excluding hydrogens is 344 g/mol. The summed E-state index contributed by atoms with van der Waals surface area (Å²) in [5.41, 5.74) is 5.44. The highest BCUT2D eigenvalue weighted by Crippen LogP contribution is 2.06. The first-order chi connectivity index (χ1) is 11.5. The number of carbonyl (C=O) groups is 4. The lowest BCUT2D eigenvalue weighted by atomic mass is 10.1. The summed E-state index contributed by atoms with van der Waals surface area (Å²) in [6, 6.07) is -3.02. The van der Waals surface area contributed by atoms with Gasteiger partial charge in [0.1, 0.15) is 12.2 Å². The first-order valence-electron chi connectivity index (χ1n) is 7.19. The SMILES string of the molecule is C[C@@H](OC(=O)[C@@H](O)[C@H](O)CO)[C@H](NC(=O)[C@@H](N)CCC(=O)O)C(=O)O. The molecule has 8 N–H and O–H groups in total. The van der Waals surface area contributed by atoms with Gasteiger partial charge in [0.05, 0.1) is 12.6 Å². The number of carboxylic acid groups (broad SMARTS) is 2. The molecule has 12 nitrogen and oxygen atoms in total. The van der Waals surface area contributed by atoms with E-state index in [2.05, 4.69) is 4.74 Å². The number of carboxylic acids is 2. The molecule has 0 aliphatic heterocycles. The van der Waals surface area contributed by atoms with Gasteiger partial charge >= 0.3 is 17.9 Å². The van der Waals surface area contributed by atoms with E-state index in [1.807, 2.05) is 5.32 Å². The second kappa shape index (κ2) is 10.6. The fourth-order valence-electron chi connectivity index (χ4n) is 1.63. The molecule has 5 atom stereocenters. The van der Waals surface area contributed by atoms with Gasteiger partial charge in [0, 0.05) is 6.42 Å². The van der Waals surface area contributed by atoms with Gasteiger partial charge in [-0.2, -0.15) is 0 Å². The van der Waals surface area contributed by atoms with Crippen LogP contribution in [-0.2, 0) is 23.9 Å². The van der Waals surface area contributed by atoms with Crippen molar-refractivity contribution in [3.8, 4) is 0 Å². The van der Waals surface area contributed by atoms with E-state index in [1.54, 1.807) is 0 Å². The number of carbonyl (C=O) groups excluding carboxylic acids is 2. The third-order valence-corrected chi connectivity index (χ3v) is 3.13. The van der Waals surface area contributed by atoms with Crippen LogP contribution in [0.5, 0.6) is 0 Å². The van der Waals surface area contributed by atoms with Gasteiger partial charge in [0.15, 0.2) is 12.1 Å². The highest BCUT2D eigenvalue weighted by molar-refractivity contribution is 5.87. The van der Waals surface area contributed by atoms with Crippen LogP contribution in [0, 0.1) is 0 Å². The molecule has 0 unspecified atom stereocenters. The second-order valence-electron chi connectivity index (χ2n) is 5.20. The Morgan fingerprint density at radius 2 is 1.72 bits per heavy atom. The third kappa shape index (κ3) is 7.89. The predicted octanol–water partition coefficient (Wildman–Crippen LogP) is -3.61. The molecule has 0 spiro atoms. The minimum atomic E-state index is -2.10. The van der Waals surface area contributed by atoms with Crippen molar-refractivity contribution in [3.05, 3.63) is 0 Å². The van der Waals surface area contributed by atoms with Crippen LogP contribution in [0.3, 0.4) is 0 Å². The number of hydrogen-bond acceptors (Lipinski definition) is 9. The molecule has 1 amide bonds. The number of esters is 1. The molecule has 0 rings (SSSR count). The highest BCUT2D eigenvalue weighted by Gasteiger charge is 2.34. The molecule has 12 heteroatoms. The van der Waals surface area contributed by atoms with Gasteiger partial charge in [-0.15, -0.1) is 0 Å². The molecule has 144 valence electrons. The molecule has 0 aromatic heterocycles. The number of hydrogen-bond donors (Lipinski definition) is 7. The number of nitrogens with two attached hydrogens (primary N) is 1. The molecule has 0 aromatic rings. The van der Waals surface area contributed by atoms with Gasteiger partial charge in [0.25, 0.3) is 0 Å². The maximum Gasteiger partial charge on any atom is 0.338 e. The molecule has 25 heavy (non-hydrogen) atoms. The molecule has 0 bridgehead atoms. The Bertz CT molecular complexity index is 497. The number of ether oxygens (including phenoxy) is 1. The van der Waals surface area contributed by atoms with Crippen LogP contribution in [0.1, 0.15) is 19.8 Å². The van der Waals surface area contributed by atoms with Crippen LogP contribution in [0.15, 0.2) is 0 Å². The normalized spacial score (nSPS) is 16.8. The van der Waals surface area contributed by atoms with Crippen LogP contribution in [-0.4, -0.2) is 86.4 Å². The monoisotopic (exact) mass is 366 g/mol. The van der Waals surface area contributed by atoms with Crippen molar-refractivity contribution < 1.29 is 49.4 Å². The Morgan fingerprint density at radius 1 is 1.16 bits per heavy atom. The Morgan fingerprint density at radius 3 is 2.16 bits per heavy atom. The standard InChI is InChI=1S/C13H22N2O10/c1-5(25-13(24)10(20)7(17)4-16)9(12(22)23)15-11(21)6(14)2-3-8(18)19/h5-7,9-10,16-17,20H,2-4,14H2,1H3,(H,15,21)(H,18,19)(H,22,23)/t5-,6+,7-,9+,10+/m1/s1. The number of rotatable bonds is 11. The van der Waals surface area contributed by atoms with Gasteiger partial charge in [0.2, 0.25) is 5.91 Å². The van der Waals surface area contributed by atoms with Crippen molar-refractivity contribution in [3.63, 3.8) is 0 Å². The van der Waals surface area contributed by atoms with Gasteiger partial charge in [-0.3, -0.25) is 9.59 Å². The fraction of sp³-hybridized carbons (Fsp3) is 0.692. The molecule has 0 heterocycles.